The van der Waals surface area contributed by atoms with Crippen molar-refractivity contribution in [2.75, 3.05) is 0 Å². The molecule has 0 radical (unpaired) electrons. The van der Waals surface area contributed by atoms with Crippen molar-refractivity contribution >= 4 is 5.97 Å². The van der Waals surface area contributed by atoms with Gasteiger partial charge in [-0.05, 0) is 51.0 Å². The van der Waals surface area contributed by atoms with Crippen molar-refractivity contribution in [1.82, 2.24) is 9.55 Å². The quantitative estimate of drug-likeness (QED) is 0.784. The van der Waals surface area contributed by atoms with Crippen LogP contribution in [0.5, 0.6) is 0 Å². The summed E-state index contributed by atoms with van der Waals surface area (Å²) in [7, 11) is 0. The number of aromatic nitrogens is 2. The Morgan fingerprint density at radius 3 is 2.68 bits per heavy atom. The second kappa shape index (κ2) is 7.83. The standard InChI is InChI=1S/C20H26N2O3/c1-16-21-13-15-22(16)14-7-12-20(24,17-8-3-2-4-9-17)19(23)25-18-10-5-6-11-18/h2-4,8-9,13,15,18,24H,5-7,10-12,14H2,1H3. The number of carbonyl (C=O) groups excluding carboxylic acids is 1. The summed E-state index contributed by atoms with van der Waals surface area (Å²) in [4.78, 5) is 17.0. The molecule has 1 saturated carbocycles. The molecule has 1 aliphatic rings. The fourth-order valence-electron chi connectivity index (χ4n) is 3.48. The molecule has 1 aliphatic carbocycles. The number of carbonyl (C=O) groups is 1. The normalized spacial score (nSPS) is 17.4. The van der Waals surface area contributed by atoms with Gasteiger partial charge >= 0.3 is 5.97 Å². The monoisotopic (exact) mass is 342 g/mol. The molecule has 25 heavy (non-hydrogen) atoms. The number of esters is 1. The average molecular weight is 342 g/mol. The fourth-order valence-corrected chi connectivity index (χ4v) is 3.48. The van der Waals surface area contributed by atoms with E-state index in [2.05, 4.69) is 4.98 Å². The van der Waals surface area contributed by atoms with Crippen LogP contribution in [-0.2, 0) is 21.7 Å². The van der Waals surface area contributed by atoms with E-state index in [0.29, 0.717) is 24.9 Å². The van der Waals surface area contributed by atoms with E-state index in [0.717, 1.165) is 31.5 Å². The molecule has 1 aromatic carbocycles. The van der Waals surface area contributed by atoms with Crippen molar-refractivity contribution in [2.45, 2.75) is 63.7 Å². The molecule has 0 spiro atoms. The van der Waals surface area contributed by atoms with Crippen LogP contribution in [0.1, 0.15) is 49.9 Å². The maximum absolute atomic E-state index is 12.8. The summed E-state index contributed by atoms with van der Waals surface area (Å²) >= 11 is 0. The van der Waals surface area contributed by atoms with Gasteiger partial charge in [0, 0.05) is 18.9 Å². The molecular formula is C20H26N2O3. The highest BCUT2D eigenvalue weighted by atomic mass is 16.6. The lowest BCUT2D eigenvalue weighted by Gasteiger charge is -2.28. The molecule has 3 rings (SSSR count). The second-order valence-corrected chi connectivity index (χ2v) is 6.81. The number of imidazole rings is 1. The van der Waals surface area contributed by atoms with Crippen LogP contribution in [0.4, 0.5) is 0 Å². The number of aryl methyl sites for hydroxylation is 2. The van der Waals surface area contributed by atoms with Crippen LogP contribution in [0.15, 0.2) is 42.7 Å². The van der Waals surface area contributed by atoms with Gasteiger partial charge in [-0.2, -0.15) is 0 Å². The number of benzene rings is 1. The summed E-state index contributed by atoms with van der Waals surface area (Å²) in [5.41, 5.74) is -1.00. The minimum atomic E-state index is -1.60. The summed E-state index contributed by atoms with van der Waals surface area (Å²) in [5, 5.41) is 11.2. The maximum atomic E-state index is 12.8. The summed E-state index contributed by atoms with van der Waals surface area (Å²) in [6, 6.07) is 9.13. The van der Waals surface area contributed by atoms with E-state index in [9.17, 15) is 9.90 Å². The third kappa shape index (κ3) is 4.10. The highest BCUT2D eigenvalue weighted by Crippen LogP contribution is 2.31. The Morgan fingerprint density at radius 2 is 2.04 bits per heavy atom. The Kier molecular flexibility index (Phi) is 5.53. The molecule has 0 bridgehead atoms. The van der Waals surface area contributed by atoms with Gasteiger partial charge in [-0.3, -0.25) is 0 Å². The predicted octanol–water partition coefficient (Wildman–Crippen LogP) is 3.35. The Morgan fingerprint density at radius 1 is 1.32 bits per heavy atom. The molecule has 1 fully saturated rings. The molecule has 1 aromatic heterocycles. The van der Waals surface area contributed by atoms with Crippen molar-refractivity contribution in [3.63, 3.8) is 0 Å². The third-order valence-electron chi connectivity index (χ3n) is 5.03. The number of ether oxygens (including phenoxy) is 1. The molecule has 1 N–H and O–H groups in total. The van der Waals surface area contributed by atoms with Gasteiger partial charge in [-0.25, -0.2) is 9.78 Å². The Hall–Kier alpha value is -2.14. The van der Waals surface area contributed by atoms with Crippen LogP contribution >= 0.6 is 0 Å². The van der Waals surface area contributed by atoms with E-state index < -0.39 is 11.6 Å². The van der Waals surface area contributed by atoms with Gasteiger partial charge in [-0.1, -0.05) is 30.3 Å². The summed E-state index contributed by atoms with van der Waals surface area (Å²) < 4.78 is 7.66. The molecule has 5 nitrogen and oxygen atoms in total. The van der Waals surface area contributed by atoms with Crippen LogP contribution in [-0.4, -0.2) is 26.7 Å². The van der Waals surface area contributed by atoms with Gasteiger partial charge in [0.2, 0.25) is 0 Å². The van der Waals surface area contributed by atoms with Crippen LogP contribution in [0.25, 0.3) is 0 Å². The van der Waals surface area contributed by atoms with Gasteiger partial charge in [0.25, 0.3) is 0 Å². The molecule has 2 aromatic rings. The Labute approximate surface area is 148 Å². The number of aliphatic hydroxyl groups is 1. The van der Waals surface area contributed by atoms with Crippen molar-refractivity contribution in [2.24, 2.45) is 0 Å². The van der Waals surface area contributed by atoms with Gasteiger partial charge < -0.3 is 14.4 Å². The van der Waals surface area contributed by atoms with Crippen LogP contribution in [0, 0.1) is 6.92 Å². The summed E-state index contributed by atoms with van der Waals surface area (Å²) in [5.74, 6) is 0.407. The number of hydrogen-bond donors (Lipinski definition) is 1. The lowest BCUT2D eigenvalue weighted by molar-refractivity contribution is -0.173. The van der Waals surface area contributed by atoms with E-state index >= 15 is 0 Å². The molecule has 134 valence electrons. The number of hydrogen-bond acceptors (Lipinski definition) is 4. The molecule has 1 unspecified atom stereocenters. The summed E-state index contributed by atoms with van der Waals surface area (Å²) in [6.07, 6.45) is 8.54. The van der Waals surface area contributed by atoms with E-state index in [1.54, 1.807) is 18.3 Å². The van der Waals surface area contributed by atoms with Crippen LogP contribution < -0.4 is 0 Å². The minimum absolute atomic E-state index is 0.0568. The SMILES string of the molecule is Cc1nccn1CCCC(O)(C(=O)OC1CCCC1)c1ccccc1. The lowest BCUT2D eigenvalue weighted by atomic mass is 9.89. The van der Waals surface area contributed by atoms with Gasteiger partial charge in [0.05, 0.1) is 0 Å². The lowest BCUT2D eigenvalue weighted by Crippen LogP contribution is -2.39. The first kappa shape index (κ1) is 17.7. The predicted molar refractivity (Wildman–Crippen MR) is 94.9 cm³/mol. The largest absolute Gasteiger partial charge is 0.460 e. The Balaban J connectivity index is 1.71. The van der Waals surface area contributed by atoms with E-state index in [-0.39, 0.29) is 6.10 Å². The molecule has 0 saturated heterocycles. The van der Waals surface area contributed by atoms with Crippen molar-refractivity contribution in [3.8, 4) is 0 Å². The number of nitrogens with zero attached hydrogens (tertiary/aromatic N) is 2. The molecule has 0 aliphatic heterocycles. The average Bonchev–Trinajstić information content (AvgIpc) is 3.27. The highest BCUT2D eigenvalue weighted by Gasteiger charge is 2.40. The zero-order valence-corrected chi connectivity index (χ0v) is 14.7. The molecule has 0 amide bonds. The third-order valence-corrected chi connectivity index (χ3v) is 5.03. The first-order valence-corrected chi connectivity index (χ1v) is 9.06. The highest BCUT2D eigenvalue weighted by molar-refractivity contribution is 5.81. The van der Waals surface area contributed by atoms with Gasteiger partial charge in [0.1, 0.15) is 11.9 Å². The van der Waals surface area contributed by atoms with Crippen molar-refractivity contribution in [3.05, 3.63) is 54.1 Å². The van der Waals surface area contributed by atoms with E-state index in [4.69, 9.17) is 4.74 Å². The minimum Gasteiger partial charge on any atom is -0.460 e. The zero-order valence-electron chi connectivity index (χ0n) is 14.7. The maximum Gasteiger partial charge on any atom is 0.343 e. The topological polar surface area (TPSA) is 64.3 Å². The second-order valence-electron chi connectivity index (χ2n) is 6.81. The van der Waals surface area contributed by atoms with Crippen LogP contribution in [0.2, 0.25) is 0 Å². The zero-order chi connectivity index (χ0) is 17.7. The van der Waals surface area contributed by atoms with Crippen LogP contribution in [0.3, 0.4) is 0 Å². The van der Waals surface area contributed by atoms with Gasteiger partial charge in [0.15, 0.2) is 5.60 Å². The summed E-state index contributed by atoms with van der Waals surface area (Å²) in [6.45, 7) is 2.65. The fraction of sp³-hybridized carbons (Fsp3) is 0.500. The smallest absolute Gasteiger partial charge is 0.343 e. The van der Waals surface area contributed by atoms with E-state index in [1.165, 1.54) is 0 Å². The van der Waals surface area contributed by atoms with E-state index in [1.807, 2.05) is 35.9 Å². The Bertz CT molecular complexity index is 692. The molecule has 1 heterocycles. The van der Waals surface area contributed by atoms with Gasteiger partial charge in [-0.15, -0.1) is 0 Å². The van der Waals surface area contributed by atoms with Crippen molar-refractivity contribution < 1.29 is 14.6 Å². The first-order chi connectivity index (χ1) is 12.1. The molecule has 1 atom stereocenters. The van der Waals surface area contributed by atoms with Crippen molar-refractivity contribution in [1.29, 1.82) is 0 Å². The molecule has 5 heteroatoms. The first-order valence-electron chi connectivity index (χ1n) is 9.06. The molecular weight excluding hydrogens is 316 g/mol. The number of rotatable bonds is 7.